The third-order valence-corrected chi connectivity index (χ3v) is 16.4. The SMILES string of the molecule is c1ccc(-c2cc(-c3ccncc3)cc(-c3nc(-c4cc(-c5ccc(C67CC8CC(CC(C8)C6)C7)cc5)cc5c4oc4ccccc45)nc(-c4cccc5c4sc4ccccc45)n3)c2)cc1. The van der Waals surface area contributed by atoms with E-state index >= 15 is 0 Å². The molecule has 0 atom stereocenters. The van der Waals surface area contributed by atoms with Crippen LogP contribution < -0.4 is 0 Å². The van der Waals surface area contributed by atoms with Gasteiger partial charge in [0.2, 0.25) is 0 Å². The Bertz CT molecular complexity index is 3590. The molecule has 7 aromatic carbocycles. The van der Waals surface area contributed by atoms with Crippen molar-refractivity contribution in [3.05, 3.63) is 182 Å². The van der Waals surface area contributed by atoms with Crippen LogP contribution in [0.2, 0.25) is 0 Å². The molecule has 6 heteroatoms. The van der Waals surface area contributed by atoms with Crippen molar-refractivity contribution in [1.82, 2.24) is 19.9 Å². The lowest BCUT2D eigenvalue weighted by Crippen LogP contribution is -2.48. The summed E-state index contributed by atoms with van der Waals surface area (Å²) in [6.07, 6.45) is 12.1. The van der Waals surface area contributed by atoms with Crippen molar-refractivity contribution in [2.45, 2.75) is 43.9 Å². The highest BCUT2D eigenvalue weighted by molar-refractivity contribution is 7.26. The van der Waals surface area contributed by atoms with Crippen molar-refractivity contribution in [2.75, 3.05) is 0 Å². The molecule has 4 aromatic heterocycles. The first kappa shape index (κ1) is 38.0. The summed E-state index contributed by atoms with van der Waals surface area (Å²) < 4.78 is 9.22. The van der Waals surface area contributed by atoms with Crippen LogP contribution in [0.25, 0.3) is 110 Å². The van der Waals surface area contributed by atoms with Crippen LogP contribution in [-0.2, 0) is 5.41 Å². The monoisotopic (exact) mass is 868 g/mol. The van der Waals surface area contributed by atoms with E-state index in [9.17, 15) is 0 Å². The predicted molar refractivity (Wildman–Crippen MR) is 270 cm³/mol. The molecular formula is C60H44N4OS. The Morgan fingerprint density at radius 1 is 0.439 bits per heavy atom. The Morgan fingerprint density at radius 3 is 1.79 bits per heavy atom. The van der Waals surface area contributed by atoms with E-state index in [-0.39, 0.29) is 0 Å². The van der Waals surface area contributed by atoms with Gasteiger partial charge in [-0.2, -0.15) is 0 Å². The lowest BCUT2D eigenvalue weighted by Gasteiger charge is -2.57. The second-order valence-corrected chi connectivity index (χ2v) is 20.3. The number of aromatic nitrogens is 4. The minimum absolute atomic E-state index is 0.340. The molecule has 4 fully saturated rings. The van der Waals surface area contributed by atoms with Gasteiger partial charge in [-0.15, -0.1) is 11.3 Å². The number of nitrogens with zero attached hydrogens (tertiary/aromatic N) is 4. The quantitative estimate of drug-likeness (QED) is 0.160. The Morgan fingerprint density at radius 2 is 1.03 bits per heavy atom. The van der Waals surface area contributed by atoms with Crippen molar-refractivity contribution < 1.29 is 4.42 Å². The van der Waals surface area contributed by atoms with Gasteiger partial charge in [-0.1, -0.05) is 103 Å². The highest BCUT2D eigenvalue weighted by atomic mass is 32.1. The summed E-state index contributed by atoms with van der Waals surface area (Å²) in [5.41, 5.74) is 12.8. The summed E-state index contributed by atoms with van der Waals surface area (Å²) in [5.74, 6) is 4.49. The summed E-state index contributed by atoms with van der Waals surface area (Å²) in [6, 6.07) is 58.9. The van der Waals surface area contributed by atoms with Gasteiger partial charge in [0, 0.05) is 54.5 Å². The van der Waals surface area contributed by atoms with Crippen LogP contribution in [-0.4, -0.2) is 19.9 Å². The molecule has 316 valence electrons. The van der Waals surface area contributed by atoms with E-state index in [1.165, 1.54) is 65.1 Å². The second-order valence-electron chi connectivity index (χ2n) is 19.3. The van der Waals surface area contributed by atoms with E-state index in [1.807, 2.05) is 18.5 Å². The second kappa shape index (κ2) is 14.9. The number of rotatable bonds is 7. The topological polar surface area (TPSA) is 64.7 Å². The molecule has 4 saturated carbocycles. The fraction of sp³-hybridized carbons (Fsp3) is 0.167. The van der Waals surface area contributed by atoms with E-state index in [1.54, 1.807) is 11.3 Å². The third kappa shape index (κ3) is 6.26. The molecule has 4 aliphatic carbocycles. The summed E-state index contributed by atoms with van der Waals surface area (Å²) >= 11 is 1.79. The maximum absolute atomic E-state index is 6.84. The first-order chi connectivity index (χ1) is 32.6. The van der Waals surface area contributed by atoms with Crippen LogP contribution in [0.1, 0.15) is 44.1 Å². The molecule has 0 amide bonds. The number of thiophene rings is 1. The van der Waals surface area contributed by atoms with Crippen molar-refractivity contribution in [3.8, 4) is 67.5 Å². The minimum Gasteiger partial charge on any atom is -0.455 e. The number of hydrogen-bond donors (Lipinski definition) is 0. The molecule has 0 N–H and O–H groups in total. The Labute approximate surface area is 386 Å². The zero-order valence-electron chi connectivity index (χ0n) is 36.3. The normalized spacial score (nSPS) is 20.0. The van der Waals surface area contributed by atoms with Gasteiger partial charge in [0.15, 0.2) is 17.5 Å². The third-order valence-electron chi connectivity index (χ3n) is 15.2. The summed E-state index contributed by atoms with van der Waals surface area (Å²) in [4.78, 5) is 20.7. The number of fused-ring (bicyclic) bond motifs is 6. The van der Waals surface area contributed by atoms with E-state index in [0.717, 1.165) is 88.9 Å². The number of hydrogen-bond acceptors (Lipinski definition) is 6. The average molecular weight is 869 g/mol. The van der Waals surface area contributed by atoms with Gasteiger partial charge < -0.3 is 4.42 Å². The van der Waals surface area contributed by atoms with Gasteiger partial charge in [0.1, 0.15) is 11.2 Å². The molecule has 11 aromatic rings. The Kier molecular flexibility index (Phi) is 8.57. The van der Waals surface area contributed by atoms with Crippen LogP contribution >= 0.6 is 11.3 Å². The summed E-state index contributed by atoms with van der Waals surface area (Å²) in [7, 11) is 0. The van der Waals surface area contributed by atoms with Gasteiger partial charge >= 0.3 is 0 Å². The molecular weight excluding hydrogens is 825 g/mol. The standard InChI is InChI=1S/C60H44N4OS/c1-2-9-39(10-3-1)42-28-43(41-21-23-61-24-22-41)30-45(29-42)57-62-58(50-14-8-13-49-48-12-5-7-16-54(48)66-56(49)50)64-59(63-57)52-32-44(31-51-47-11-4-6-15-53(47)65-55(51)52)40-17-19-46(20-18-40)60-33-36-25-37(34-60)27-38(26-36)35-60/h1-24,28-32,36-38H,25-27,33-35H2. The average Bonchev–Trinajstić information content (AvgIpc) is 3.95. The van der Waals surface area contributed by atoms with E-state index in [4.69, 9.17) is 19.4 Å². The van der Waals surface area contributed by atoms with Gasteiger partial charge in [-0.05, 0) is 161 Å². The lowest BCUT2D eigenvalue weighted by molar-refractivity contribution is -0.00518. The molecule has 4 bridgehead atoms. The van der Waals surface area contributed by atoms with Gasteiger partial charge in [0.25, 0.3) is 0 Å². The molecule has 5 nitrogen and oxygen atoms in total. The van der Waals surface area contributed by atoms with E-state index < -0.39 is 0 Å². The molecule has 4 aliphatic rings. The van der Waals surface area contributed by atoms with E-state index in [0.29, 0.717) is 22.9 Å². The van der Waals surface area contributed by atoms with Crippen LogP contribution in [0.3, 0.4) is 0 Å². The smallest absolute Gasteiger partial charge is 0.167 e. The molecule has 4 heterocycles. The Balaban J connectivity index is 0.994. The van der Waals surface area contributed by atoms with Crippen molar-refractivity contribution in [1.29, 1.82) is 0 Å². The van der Waals surface area contributed by atoms with Gasteiger partial charge in [-0.3, -0.25) is 4.98 Å². The number of furan rings is 1. The zero-order valence-corrected chi connectivity index (χ0v) is 37.1. The molecule has 0 aliphatic heterocycles. The largest absolute Gasteiger partial charge is 0.455 e. The number of benzene rings is 7. The summed E-state index contributed by atoms with van der Waals surface area (Å²) in [5, 5.41) is 4.55. The van der Waals surface area contributed by atoms with Crippen LogP contribution in [0.15, 0.2) is 181 Å². The molecule has 0 spiro atoms. The minimum atomic E-state index is 0.340. The summed E-state index contributed by atoms with van der Waals surface area (Å²) in [6.45, 7) is 0. The van der Waals surface area contributed by atoms with E-state index in [2.05, 4.69) is 163 Å². The van der Waals surface area contributed by atoms with Crippen molar-refractivity contribution in [3.63, 3.8) is 0 Å². The highest BCUT2D eigenvalue weighted by Gasteiger charge is 2.51. The first-order valence-electron chi connectivity index (χ1n) is 23.4. The molecule has 0 unspecified atom stereocenters. The lowest BCUT2D eigenvalue weighted by atomic mass is 9.48. The molecule has 15 rings (SSSR count). The highest BCUT2D eigenvalue weighted by Crippen LogP contribution is 2.61. The van der Waals surface area contributed by atoms with Crippen molar-refractivity contribution >= 4 is 53.4 Å². The van der Waals surface area contributed by atoms with Gasteiger partial charge in [-0.25, -0.2) is 15.0 Å². The maximum Gasteiger partial charge on any atom is 0.167 e. The van der Waals surface area contributed by atoms with Gasteiger partial charge in [0.05, 0.1) is 5.56 Å². The fourth-order valence-electron chi connectivity index (χ4n) is 12.6. The Hall–Kier alpha value is -7.28. The van der Waals surface area contributed by atoms with Crippen LogP contribution in [0, 0.1) is 17.8 Å². The number of pyridine rings is 1. The predicted octanol–water partition coefficient (Wildman–Crippen LogP) is 16.0. The van der Waals surface area contributed by atoms with Crippen LogP contribution in [0.4, 0.5) is 0 Å². The van der Waals surface area contributed by atoms with Crippen molar-refractivity contribution in [2.24, 2.45) is 17.8 Å². The first-order valence-corrected chi connectivity index (χ1v) is 24.2. The molecule has 66 heavy (non-hydrogen) atoms. The number of para-hydroxylation sites is 1. The molecule has 0 saturated heterocycles. The zero-order chi connectivity index (χ0) is 43.3. The van der Waals surface area contributed by atoms with Crippen LogP contribution in [0.5, 0.6) is 0 Å². The molecule has 0 radical (unpaired) electrons. The fourth-order valence-corrected chi connectivity index (χ4v) is 13.8. The maximum atomic E-state index is 6.84.